The van der Waals surface area contributed by atoms with E-state index in [0.717, 1.165) is 43.2 Å². The Morgan fingerprint density at radius 1 is 1.15 bits per heavy atom. The zero-order chi connectivity index (χ0) is 19.2. The molecule has 1 aromatic carbocycles. The molecule has 0 radical (unpaired) electrons. The Morgan fingerprint density at radius 2 is 1.89 bits per heavy atom. The number of aryl methyl sites for hydroxylation is 2. The highest BCUT2D eigenvalue weighted by Crippen LogP contribution is 2.43. The van der Waals surface area contributed by atoms with Crippen molar-refractivity contribution in [1.82, 2.24) is 4.98 Å². The SMILES string of the molecule is Cc1cnc(CCCCCOC(=O)c2ccccc2)c(C(=O)O)c1C1CC1. The van der Waals surface area contributed by atoms with Crippen LogP contribution in [0.5, 0.6) is 0 Å². The fraction of sp³-hybridized carbons (Fsp3) is 0.409. The number of hydrogen-bond acceptors (Lipinski definition) is 4. The van der Waals surface area contributed by atoms with Gasteiger partial charge >= 0.3 is 11.9 Å². The lowest BCUT2D eigenvalue weighted by atomic mass is 9.95. The van der Waals surface area contributed by atoms with E-state index >= 15 is 0 Å². The van der Waals surface area contributed by atoms with E-state index in [1.165, 1.54) is 0 Å². The summed E-state index contributed by atoms with van der Waals surface area (Å²) in [6.45, 7) is 2.31. The number of ether oxygens (including phenoxy) is 1. The largest absolute Gasteiger partial charge is 0.478 e. The molecule has 0 bridgehead atoms. The predicted molar refractivity (Wildman–Crippen MR) is 102 cm³/mol. The molecule has 0 saturated heterocycles. The van der Waals surface area contributed by atoms with E-state index in [-0.39, 0.29) is 5.97 Å². The van der Waals surface area contributed by atoms with Crippen LogP contribution in [-0.2, 0) is 11.2 Å². The van der Waals surface area contributed by atoms with Crippen LogP contribution < -0.4 is 0 Å². The Bertz CT molecular complexity index is 813. The number of unbranched alkanes of at least 4 members (excludes halogenated alkanes) is 2. The maximum atomic E-state index is 11.9. The van der Waals surface area contributed by atoms with E-state index in [2.05, 4.69) is 4.98 Å². The molecule has 1 heterocycles. The van der Waals surface area contributed by atoms with E-state index in [0.29, 0.717) is 35.8 Å². The number of carbonyl (C=O) groups is 2. The Labute approximate surface area is 159 Å². The second kappa shape index (κ2) is 8.80. The standard InChI is InChI=1S/C22H25NO4/c1-15-14-23-18(20(21(24)25)19(15)16-11-12-16)10-6-3-7-13-27-22(26)17-8-4-2-5-9-17/h2,4-5,8-9,14,16H,3,6-7,10-13H2,1H3,(H,24,25). The van der Waals surface area contributed by atoms with Crippen LogP contribution in [0.25, 0.3) is 0 Å². The molecule has 2 aromatic rings. The van der Waals surface area contributed by atoms with Gasteiger partial charge in [0, 0.05) is 6.20 Å². The molecule has 0 aliphatic heterocycles. The molecule has 1 saturated carbocycles. The highest BCUT2D eigenvalue weighted by Gasteiger charge is 2.31. The van der Waals surface area contributed by atoms with Gasteiger partial charge in [0.2, 0.25) is 0 Å². The lowest BCUT2D eigenvalue weighted by Gasteiger charge is -2.13. The van der Waals surface area contributed by atoms with Crippen LogP contribution in [0.3, 0.4) is 0 Å². The first-order chi connectivity index (χ1) is 13.1. The average Bonchev–Trinajstić information content (AvgIpc) is 3.50. The average molecular weight is 367 g/mol. The van der Waals surface area contributed by atoms with Gasteiger partial charge in [0.25, 0.3) is 0 Å². The molecule has 1 fully saturated rings. The summed E-state index contributed by atoms with van der Waals surface area (Å²) in [5.41, 5.74) is 3.60. The smallest absolute Gasteiger partial charge is 0.338 e. The fourth-order valence-electron chi connectivity index (χ4n) is 3.38. The van der Waals surface area contributed by atoms with Crippen molar-refractivity contribution >= 4 is 11.9 Å². The third kappa shape index (κ3) is 4.94. The molecule has 5 nitrogen and oxygen atoms in total. The molecule has 0 unspecified atom stereocenters. The van der Waals surface area contributed by atoms with Crippen LogP contribution in [-0.4, -0.2) is 28.6 Å². The third-order valence-electron chi connectivity index (χ3n) is 4.90. The number of esters is 1. The minimum absolute atomic E-state index is 0.307. The van der Waals surface area contributed by atoms with Crippen LogP contribution >= 0.6 is 0 Å². The molecule has 1 aromatic heterocycles. The minimum Gasteiger partial charge on any atom is -0.478 e. The highest BCUT2D eigenvalue weighted by molar-refractivity contribution is 5.91. The molecule has 3 rings (SSSR count). The van der Waals surface area contributed by atoms with Gasteiger partial charge in [-0.3, -0.25) is 4.98 Å². The van der Waals surface area contributed by atoms with Gasteiger partial charge in [0.15, 0.2) is 0 Å². The van der Waals surface area contributed by atoms with Crippen molar-refractivity contribution in [2.45, 2.75) is 51.4 Å². The summed E-state index contributed by atoms with van der Waals surface area (Å²) in [6.07, 6.45) is 7.00. The van der Waals surface area contributed by atoms with Crippen molar-refractivity contribution in [3.05, 3.63) is 64.5 Å². The van der Waals surface area contributed by atoms with Gasteiger partial charge in [-0.15, -0.1) is 0 Å². The maximum absolute atomic E-state index is 11.9. The molecule has 1 aliphatic carbocycles. The Kier molecular flexibility index (Phi) is 6.22. The minimum atomic E-state index is -0.875. The number of carboxylic acid groups (broad SMARTS) is 1. The predicted octanol–water partition coefficient (Wildman–Crippen LogP) is 4.54. The zero-order valence-corrected chi connectivity index (χ0v) is 15.6. The topological polar surface area (TPSA) is 76.5 Å². The molecule has 0 amide bonds. The van der Waals surface area contributed by atoms with Gasteiger partial charge in [-0.05, 0) is 74.6 Å². The lowest BCUT2D eigenvalue weighted by Crippen LogP contribution is -2.11. The van der Waals surface area contributed by atoms with Gasteiger partial charge in [-0.25, -0.2) is 9.59 Å². The number of hydrogen-bond donors (Lipinski definition) is 1. The van der Waals surface area contributed by atoms with Gasteiger partial charge in [-0.1, -0.05) is 18.2 Å². The molecular formula is C22H25NO4. The summed E-state index contributed by atoms with van der Waals surface area (Å²) in [5, 5.41) is 9.66. The van der Waals surface area contributed by atoms with Gasteiger partial charge in [0.05, 0.1) is 23.4 Å². The summed E-state index contributed by atoms with van der Waals surface area (Å²) < 4.78 is 5.27. The van der Waals surface area contributed by atoms with Crippen LogP contribution in [0.4, 0.5) is 0 Å². The Balaban J connectivity index is 1.47. The first-order valence-corrected chi connectivity index (χ1v) is 9.51. The van der Waals surface area contributed by atoms with Crippen LogP contribution in [0.2, 0.25) is 0 Å². The third-order valence-corrected chi connectivity index (χ3v) is 4.90. The normalized spacial score (nSPS) is 13.4. The maximum Gasteiger partial charge on any atom is 0.338 e. The first kappa shape index (κ1) is 19.1. The van der Waals surface area contributed by atoms with Crippen LogP contribution in [0.1, 0.15) is 75.6 Å². The van der Waals surface area contributed by atoms with E-state index in [1.54, 1.807) is 30.5 Å². The van der Waals surface area contributed by atoms with Gasteiger partial charge in [-0.2, -0.15) is 0 Å². The summed E-state index contributed by atoms with van der Waals surface area (Å²) in [4.78, 5) is 28.0. The quantitative estimate of drug-likeness (QED) is 0.520. The van der Waals surface area contributed by atoms with E-state index in [1.807, 2.05) is 13.0 Å². The zero-order valence-electron chi connectivity index (χ0n) is 15.6. The number of benzene rings is 1. The molecule has 0 atom stereocenters. The molecule has 27 heavy (non-hydrogen) atoms. The number of aromatic nitrogens is 1. The number of pyridine rings is 1. The Morgan fingerprint density at radius 3 is 2.56 bits per heavy atom. The Hall–Kier alpha value is -2.69. The number of nitrogens with zero attached hydrogens (tertiary/aromatic N) is 1. The molecule has 1 aliphatic rings. The summed E-state index contributed by atoms with van der Waals surface area (Å²) in [7, 11) is 0. The van der Waals surface area contributed by atoms with Crippen molar-refractivity contribution in [2.24, 2.45) is 0 Å². The summed E-state index contributed by atoms with van der Waals surface area (Å²) in [5.74, 6) is -0.798. The second-order valence-corrected chi connectivity index (χ2v) is 7.07. The van der Waals surface area contributed by atoms with Crippen molar-refractivity contribution in [3.63, 3.8) is 0 Å². The highest BCUT2D eigenvalue weighted by atomic mass is 16.5. The van der Waals surface area contributed by atoms with Crippen LogP contribution in [0, 0.1) is 6.92 Å². The van der Waals surface area contributed by atoms with E-state index < -0.39 is 5.97 Å². The van der Waals surface area contributed by atoms with E-state index in [9.17, 15) is 14.7 Å². The second-order valence-electron chi connectivity index (χ2n) is 7.07. The number of carbonyl (C=O) groups excluding carboxylic acids is 1. The summed E-state index contributed by atoms with van der Waals surface area (Å²) in [6, 6.07) is 8.94. The molecule has 0 spiro atoms. The molecule has 5 heteroatoms. The van der Waals surface area contributed by atoms with Gasteiger partial charge in [0.1, 0.15) is 0 Å². The monoisotopic (exact) mass is 367 g/mol. The number of carboxylic acids is 1. The molecule has 1 N–H and O–H groups in total. The van der Waals surface area contributed by atoms with Crippen molar-refractivity contribution in [3.8, 4) is 0 Å². The first-order valence-electron chi connectivity index (χ1n) is 9.51. The lowest BCUT2D eigenvalue weighted by molar-refractivity contribution is 0.0497. The van der Waals surface area contributed by atoms with E-state index in [4.69, 9.17) is 4.74 Å². The number of rotatable bonds is 9. The molecular weight excluding hydrogens is 342 g/mol. The van der Waals surface area contributed by atoms with Gasteiger partial charge < -0.3 is 9.84 Å². The summed E-state index contributed by atoms with van der Waals surface area (Å²) >= 11 is 0. The van der Waals surface area contributed by atoms with Crippen molar-refractivity contribution in [2.75, 3.05) is 6.61 Å². The molecule has 142 valence electrons. The number of aromatic carboxylic acids is 1. The van der Waals surface area contributed by atoms with Crippen molar-refractivity contribution < 1.29 is 19.4 Å². The fourth-order valence-corrected chi connectivity index (χ4v) is 3.38. The van der Waals surface area contributed by atoms with Crippen LogP contribution in [0.15, 0.2) is 36.5 Å². The van der Waals surface area contributed by atoms with Crippen molar-refractivity contribution in [1.29, 1.82) is 0 Å².